The topological polar surface area (TPSA) is 55.4 Å². The third-order valence-corrected chi connectivity index (χ3v) is 3.53. The molecule has 0 heterocycles. The second-order valence-corrected chi connectivity index (χ2v) is 5.61. The van der Waals surface area contributed by atoms with E-state index in [1.165, 1.54) is 19.1 Å². The lowest BCUT2D eigenvalue weighted by molar-refractivity contribution is -0.153. The molecule has 0 bridgehead atoms. The largest absolute Gasteiger partial charge is 0.453 e. The Morgan fingerprint density at radius 3 is 2.33 bits per heavy atom. The average Bonchev–Trinajstić information content (AvgIpc) is 2.56. The van der Waals surface area contributed by atoms with Crippen molar-refractivity contribution in [3.05, 3.63) is 65.5 Å². The van der Waals surface area contributed by atoms with Gasteiger partial charge in [0, 0.05) is 12.1 Å². The Balaban J connectivity index is 1.78. The van der Waals surface area contributed by atoms with Crippen molar-refractivity contribution in [2.75, 3.05) is 5.32 Å². The van der Waals surface area contributed by atoms with Gasteiger partial charge in [-0.1, -0.05) is 29.8 Å². The first-order valence-electron chi connectivity index (χ1n) is 7.75. The van der Waals surface area contributed by atoms with Crippen molar-refractivity contribution in [3.8, 4) is 0 Å². The summed E-state index contributed by atoms with van der Waals surface area (Å²) in [5.74, 6) is -1.16. The highest BCUT2D eigenvalue weighted by atomic mass is 19.1. The van der Waals surface area contributed by atoms with Crippen LogP contribution in [0.3, 0.4) is 0 Å². The van der Waals surface area contributed by atoms with Gasteiger partial charge in [0.1, 0.15) is 5.82 Å². The molecule has 2 rings (SSSR count). The molecule has 0 unspecified atom stereocenters. The molecule has 2 aromatic carbocycles. The fourth-order valence-corrected chi connectivity index (χ4v) is 2.09. The molecule has 126 valence electrons. The van der Waals surface area contributed by atoms with Crippen LogP contribution in [0.15, 0.2) is 48.5 Å². The van der Waals surface area contributed by atoms with E-state index >= 15 is 0 Å². The zero-order chi connectivity index (χ0) is 17.5. The first-order chi connectivity index (χ1) is 11.4. The van der Waals surface area contributed by atoms with Crippen LogP contribution in [0, 0.1) is 12.7 Å². The van der Waals surface area contributed by atoms with Gasteiger partial charge in [-0.05, 0) is 50.1 Å². The Morgan fingerprint density at radius 1 is 1.08 bits per heavy atom. The summed E-state index contributed by atoms with van der Waals surface area (Å²) in [6, 6.07) is 13.3. The van der Waals surface area contributed by atoms with Crippen molar-refractivity contribution in [2.45, 2.75) is 32.8 Å². The molecule has 0 aromatic heterocycles. The molecule has 0 aliphatic rings. The number of carbonyl (C=O) groups is 2. The highest BCUT2D eigenvalue weighted by molar-refractivity contribution is 5.95. The van der Waals surface area contributed by atoms with Gasteiger partial charge in [0.25, 0.3) is 5.91 Å². The van der Waals surface area contributed by atoms with Crippen LogP contribution in [0.4, 0.5) is 10.1 Å². The number of hydrogen-bond acceptors (Lipinski definition) is 3. The Hall–Kier alpha value is -2.69. The number of carbonyl (C=O) groups excluding carboxylic acids is 2. The van der Waals surface area contributed by atoms with Crippen LogP contribution in [-0.2, 0) is 20.7 Å². The molecule has 1 N–H and O–H groups in total. The van der Waals surface area contributed by atoms with Gasteiger partial charge in [-0.15, -0.1) is 0 Å². The number of halogens is 1. The van der Waals surface area contributed by atoms with Crippen molar-refractivity contribution >= 4 is 17.6 Å². The highest BCUT2D eigenvalue weighted by Gasteiger charge is 2.17. The van der Waals surface area contributed by atoms with Crippen LogP contribution in [0.25, 0.3) is 0 Å². The van der Waals surface area contributed by atoms with Gasteiger partial charge in [-0.3, -0.25) is 9.59 Å². The minimum absolute atomic E-state index is 0.133. The number of hydrogen-bond donors (Lipinski definition) is 1. The summed E-state index contributed by atoms with van der Waals surface area (Å²) in [6.45, 7) is 3.48. The number of anilines is 1. The van der Waals surface area contributed by atoms with Gasteiger partial charge in [0.05, 0.1) is 0 Å². The van der Waals surface area contributed by atoms with Crippen LogP contribution in [0.2, 0.25) is 0 Å². The molecule has 0 saturated carbocycles. The molecule has 1 amide bonds. The van der Waals surface area contributed by atoms with E-state index in [9.17, 15) is 14.0 Å². The second kappa shape index (κ2) is 8.24. The number of rotatable bonds is 6. The lowest BCUT2D eigenvalue weighted by atomic mass is 10.1. The third kappa shape index (κ3) is 5.50. The molecule has 4 nitrogen and oxygen atoms in total. The van der Waals surface area contributed by atoms with E-state index in [-0.39, 0.29) is 18.1 Å². The molecule has 0 spiro atoms. The predicted octanol–water partition coefficient (Wildman–Crippen LogP) is 3.64. The lowest BCUT2D eigenvalue weighted by Crippen LogP contribution is -2.30. The number of ether oxygens (including phenoxy) is 1. The van der Waals surface area contributed by atoms with Crippen LogP contribution < -0.4 is 5.32 Å². The molecule has 0 radical (unpaired) electrons. The molecular weight excluding hydrogens is 309 g/mol. The summed E-state index contributed by atoms with van der Waals surface area (Å²) < 4.78 is 17.9. The SMILES string of the molecule is Cc1ccc(NC(=O)[C@@H](C)OC(=O)CCc2ccc(F)cc2)cc1. The maximum atomic E-state index is 12.8. The first kappa shape index (κ1) is 17.7. The monoisotopic (exact) mass is 329 g/mol. The molecule has 0 fully saturated rings. The van der Waals surface area contributed by atoms with Gasteiger partial charge < -0.3 is 10.1 Å². The van der Waals surface area contributed by atoms with Crippen LogP contribution in [-0.4, -0.2) is 18.0 Å². The Labute approximate surface area is 140 Å². The fraction of sp³-hybridized carbons (Fsp3) is 0.263. The van der Waals surface area contributed by atoms with Crippen molar-refractivity contribution in [1.82, 2.24) is 0 Å². The van der Waals surface area contributed by atoms with Gasteiger partial charge in [0.15, 0.2) is 6.10 Å². The second-order valence-electron chi connectivity index (χ2n) is 5.61. The van der Waals surface area contributed by atoms with E-state index < -0.39 is 12.1 Å². The molecule has 2 aromatic rings. The quantitative estimate of drug-likeness (QED) is 0.823. The molecule has 0 aliphatic heterocycles. The zero-order valence-electron chi connectivity index (χ0n) is 13.7. The lowest BCUT2D eigenvalue weighted by Gasteiger charge is -2.13. The summed E-state index contributed by atoms with van der Waals surface area (Å²) in [6.07, 6.45) is -0.314. The fourth-order valence-electron chi connectivity index (χ4n) is 2.09. The first-order valence-corrected chi connectivity index (χ1v) is 7.75. The van der Waals surface area contributed by atoms with Gasteiger partial charge in [-0.25, -0.2) is 4.39 Å². The predicted molar refractivity (Wildman–Crippen MR) is 90.1 cm³/mol. The summed E-state index contributed by atoms with van der Waals surface area (Å²) in [7, 11) is 0. The van der Waals surface area contributed by atoms with Crippen LogP contribution >= 0.6 is 0 Å². The van der Waals surface area contributed by atoms with Crippen molar-refractivity contribution in [2.24, 2.45) is 0 Å². The van der Waals surface area contributed by atoms with E-state index in [0.29, 0.717) is 12.1 Å². The molecule has 0 aliphatic carbocycles. The summed E-state index contributed by atoms with van der Waals surface area (Å²) in [4.78, 5) is 23.8. The van der Waals surface area contributed by atoms with Crippen molar-refractivity contribution < 1.29 is 18.7 Å². The smallest absolute Gasteiger partial charge is 0.306 e. The molecule has 0 saturated heterocycles. The normalized spacial score (nSPS) is 11.6. The van der Waals surface area contributed by atoms with E-state index in [1.54, 1.807) is 24.3 Å². The highest BCUT2D eigenvalue weighted by Crippen LogP contribution is 2.10. The number of benzene rings is 2. The number of nitrogens with one attached hydrogen (secondary N) is 1. The average molecular weight is 329 g/mol. The summed E-state index contributed by atoms with van der Waals surface area (Å²) in [5, 5.41) is 2.70. The Morgan fingerprint density at radius 2 is 1.71 bits per heavy atom. The minimum Gasteiger partial charge on any atom is -0.453 e. The molecular formula is C19H20FNO3. The van der Waals surface area contributed by atoms with Crippen molar-refractivity contribution in [3.63, 3.8) is 0 Å². The van der Waals surface area contributed by atoms with Gasteiger partial charge in [-0.2, -0.15) is 0 Å². The molecule has 1 atom stereocenters. The minimum atomic E-state index is -0.882. The van der Waals surface area contributed by atoms with E-state index in [1.807, 2.05) is 19.1 Å². The van der Waals surface area contributed by atoms with Crippen LogP contribution in [0.5, 0.6) is 0 Å². The Bertz CT molecular complexity index is 696. The van der Waals surface area contributed by atoms with Crippen LogP contribution in [0.1, 0.15) is 24.5 Å². The van der Waals surface area contributed by atoms with Crippen molar-refractivity contribution in [1.29, 1.82) is 0 Å². The van der Waals surface area contributed by atoms with E-state index in [0.717, 1.165) is 11.1 Å². The van der Waals surface area contributed by atoms with Gasteiger partial charge >= 0.3 is 5.97 Å². The molecule has 24 heavy (non-hydrogen) atoms. The van der Waals surface area contributed by atoms with E-state index in [2.05, 4.69) is 5.32 Å². The number of amides is 1. The van der Waals surface area contributed by atoms with Gasteiger partial charge in [0.2, 0.25) is 0 Å². The molecule has 5 heteroatoms. The van der Waals surface area contributed by atoms with E-state index in [4.69, 9.17) is 4.74 Å². The zero-order valence-corrected chi connectivity index (χ0v) is 13.7. The maximum Gasteiger partial charge on any atom is 0.306 e. The number of aryl methyl sites for hydroxylation is 2. The summed E-state index contributed by atoms with van der Waals surface area (Å²) in [5.41, 5.74) is 2.58. The standard InChI is InChI=1S/C19H20FNO3/c1-13-3-10-17(11-4-13)21-19(23)14(2)24-18(22)12-7-15-5-8-16(20)9-6-15/h3-6,8-11,14H,7,12H2,1-2H3,(H,21,23)/t14-/m1/s1. The number of esters is 1. The Kier molecular flexibility index (Phi) is 6.07. The third-order valence-electron chi connectivity index (χ3n) is 3.53. The maximum absolute atomic E-state index is 12.8. The summed E-state index contributed by atoms with van der Waals surface area (Å²) >= 11 is 0.